The minimum atomic E-state index is -0.195. The lowest BCUT2D eigenvalue weighted by Crippen LogP contribution is -2.36. The summed E-state index contributed by atoms with van der Waals surface area (Å²) < 4.78 is 5.58. The second-order valence-corrected chi connectivity index (χ2v) is 8.18. The lowest BCUT2D eigenvalue weighted by Gasteiger charge is -2.30. The van der Waals surface area contributed by atoms with E-state index in [-0.39, 0.29) is 5.91 Å². The van der Waals surface area contributed by atoms with E-state index in [1.807, 2.05) is 24.3 Å². The minimum Gasteiger partial charge on any atom is -0.447 e. The Bertz CT molecular complexity index is 725. The van der Waals surface area contributed by atoms with Gasteiger partial charge in [0.05, 0.1) is 6.54 Å². The average Bonchev–Trinajstić information content (AvgIpc) is 3.08. The van der Waals surface area contributed by atoms with Gasteiger partial charge in [0.15, 0.2) is 5.69 Å². The van der Waals surface area contributed by atoms with Crippen molar-refractivity contribution in [3.63, 3.8) is 0 Å². The van der Waals surface area contributed by atoms with Gasteiger partial charge in [-0.2, -0.15) is 0 Å². The number of carbonyl (C=O) groups is 1. The van der Waals surface area contributed by atoms with Crippen LogP contribution in [0.5, 0.6) is 0 Å². The van der Waals surface area contributed by atoms with Crippen LogP contribution >= 0.6 is 11.6 Å². The molecule has 148 valence electrons. The van der Waals surface area contributed by atoms with Crippen LogP contribution in [-0.2, 0) is 13.1 Å². The van der Waals surface area contributed by atoms with Crippen LogP contribution in [0.2, 0.25) is 5.02 Å². The van der Waals surface area contributed by atoms with Gasteiger partial charge in [-0.1, -0.05) is 51.4 Å². The van der Waals surface area contributed by atoms with Crippen LogP contribution in [0.3, 0.4) is 0 Å². The molecule has 0 aliphatic rings. The van der Waals surface area contributed by atoms with Crippen molar-refractivity contribution in [2.24, 2.45) is 11.8 Å². The first kappa shape index (κ1) is 21.5. The molecule has 1 N–H and O–H groups in total. The molecule has 0 aliphatic heterocycles. The molecule has 2 rings (SSSR count). The van der Waals surface area contributed by atoms with E-state index < -0.39 is 0 Å². The summed E-state index contributed by atoms with van der Waals surface area (Å²) in [6.07, 6.45) is 1.44. The highest BCUT2D eigenvalue weighted by molar-refractivity contribution is 6.30. The SMILES string of the molecule is CC(C)CNC(=O)c1coc(CN(Cc2ccc(Cl)cc2)[C@@H](C)C(C)C)n1. The first-order chi connectivity index (χ1) is 12.8. The summed E-state index contributed by atoms with van der Waals surface area (Å²) in [7, 11) is 0. The fraction of sp³-hybridized carbons (Fsp3) is 0.524. The molecule has 0 bridgehead atoms. The largest absolute Gasteiger partial charge is 0.447 e. The third-order valence-electron chi connectivity index (χ3n) is 4.63. The molecule has 1 heterocycles. The van der Waals surface area contributed by atoms with Crippen LogP contribution in [0.4, 0.5) is 0 Å². The minimum absolute atomic E-state index is 0.195. The molecule has 1 aromatic carbocycles. The molecule has 6 heteroatoms. The van der Waals surface area contributed by atoms with Crippen LogP contribution < -0.4 is 5.32 Å². The fourth-order valence-corrected chi connectivity index (χ4v) is 2.76. The lowest BCUT2D eigenvalue weighted by atomic mass is 10.0. The third kappa shape index (κ3) is 6.67. The maximum Gasteiger partial charge on any atom is 0.273 e. The normalized spacial score (nSPS) is 12.8. The maximum atomic E-state index is 12.2. The predicted molar refractivity (Wildman–Crippen MR) is 109 cm³/mol. The van der Waals surface area contributed by atoms with E-state index >= 15 is 0 Å². The Morgan fingerprint density at radius 2 is 1.81 bits per heavy atom. The molecule has 1 amide bonds. The molecule has 0 fully saturated rings. The summed E-state index contributed by atoms with van der Waals surface area (Å²) in [6, 6.07) is 8.19. The number of hydrogen-bond acceptors (Lipinski definition) is 4. The quantitative estimate of drug-likeness (QED) is 0.669. The molecule has 0 saturated heterocycles. The number of halogens is 1. The van der Waals surface area contributed by atoms with Crippen molar-refractivity contribution in [2.75, 3.05) is 6.54 Å². The second kappa shape index (κ2) is 9.90. The number of rotatable bonds is 9. The lowest BCUT2D eigenvalue weighted by molar-refractivity contribution is 0.0943. The molecular formula is C21H30ClN3O2. The van der Waals surface area contributed by atoms with Gasteiger partial charge in [0.25, 0.3) is 5.91 Å². The molecular weight excluding hydrogens is 362 g/mol. The van der Waals surface area contributed by atoms with Gasteiger partial charge in [0.2, 0.25) is 5.89 Å². The molecule has 27 heavy (non-hydrogen) atoms. The van der Waals surface area contributed by atoms with Gasteiger partial charge in [0.1, 0.15) is 6.26 Å². The average molecular weight is 392 g/mol. The Hall–Kier alpha value is -1.85. The number of carbonyl (C=O) groups excluding carboxylic acids is 1. The second-order valence-electron chi connectivity index (χ2n) is 7.75. The van der Waals surface area contributed by atoms with Crippen LogP contribution in [0.15, 0.2) is 34.9 Å². The number of oxazole rings is 1. The number of benzene rings is 1. The van der Waals surface area contributed by atoms with Crippen molar-refractivity contribution in [1.29, 1.82) is 0 Å². The summed E-state index contributed by atoms with van der Waals surface area (Å²) in [4.78, 5) is 18.8. The topological polar surface area (TPSA) is 58.4 Å². The highest BCUT2D eigenvalue weighted by Gasteiger charge is 2.21. The molecule has 0 unspecified atom stereocenters. The van der Waals surface area contributed by atoms with Gasteiger partial charge in [-0.05, 0) is 36.5 Å². The van der Waals surface area contributed by atoms with Crippen LogP contribution in [0.25, 0.3) is 0 Å². The zero-order chi connectivity index (χ0) is 20.0. The zero-order valence-electron chi connectivity index (χ0n) is 16.8. The van der Waals surface area contributed by atoms with E-state index in [9.17, 15) is 4.79 Å². The molecule has 0 radical (unpaired) electrons. The van der Waals surface area contributed by atoms with Crippen molar-refractivity contribution in [2.45, 2.75) is 53.8 Å². The van der Waals surface area contributed by atoms with E-state index in [0.717, 1.165) is 11.6 Å². The van der Waals surface area contributed by atoms with Gasteiger partial charge in [-0.3, -0.25) is 9.69 Å². The van der Waals surface area contributed by atoms with Crippen LogP contribution in [0, 0.1) is 11.8 Å². The molecule has 5 nitrogen and oxygen atoms in total. The molecule has 1 aromatic heterocycles. The van der Waals surface area contributed by atoms with Gasteiger partial charge in [-0.15, -0.1) is 0 Å². The predicted octanol–water partition coefficient (Wildman–Crippen LogP) is 4.76. The Morgan fingerprint density at radius 1 is 1.15 bits per heavy atom. The van der Waals surface area contributed by atoms with Gasteiger partial charge in [0, 0.05) is 24.2 Å². The van der Waals surface area contributed by atoms with E-state index in [4.69, 9.17) is 16.0 Å². The highest BCUT2D eigenvalue weighted by Crippen LogP contribution is 2.19. The summed E-state index contributed by atoms with van der Waals surface area (Å²) in [6.45, 7) is 12.6. The zero-order valence-corrected chi connectivity index (χ0v) is 17.6. The Morgan fingerprint density at radius 3 is 2.41 bits per heavy atom. The Balaban J connectivity index is 2.08. The number of amides is 1. The number of nitrogens with one attached hydrogen (secondary N) is 1. The molecule has 2 aromatic rings. The van der Waals surface area contributed by atoms with Crippen LogP contribution in [0.1, 0.15) is 56.6 Å². The smallest absolute Gasteiger partial charge is 0.273 e. The monoisotopic (exact) mass is 391 g/mol. The van der Waals surface area contributed by atoms with Crippen molar-refractivity contribution >= 4 is 17.5 Å². The van der Waals surface area contributed by atoms with E-state index in [1.54, 1.807) is 0 Å². The maximum absolute atomic E-state index is 12.2. The summed E-state index contributed by atoms with van der Waals surface area (Å²) in [5.74, 6) is 1.22. The summed E-state index contributed by atoms with van der Waals surface area (Å²) >= 11 is 5.99. The standard InChI is InChI=1S/C21H30ClN3O2/c1-14(2)10-23-21(26)19-13-27-20(24-19)12-25(16(5)15(3)4)11-17-6-8-18(22)9-7-17/h6-9,13-16H,10-12H2,1-5H3,(H,23,26)/t16-/m0/s1. The van der Waals surface area contributed by atoms with Gasteiger partial charge < -0.3 is 9.73 Å². The number of hydrogen-bond donors (Lipinski definition) is 1. The number of nitrogens with zero attached hydrogens (tertiary/aromatic N) is 2. The highest BCUT2D eigenvalue weighted by atomic mass is 35.5. The summed E-state index contributed by atoms with van der Waals surface area (Å²) in [5.41, 5.74) is 1.50. The Kier molecular flexibility index (Phi) is 7.87. The number of aromatic nitrogens is 1. The third-order valence-corrected chi connectivity index (χ3v) is 4.89. The fourth-order valence-electron chi connectivity index (χ4n) is 2.64. The van der Waals surface area contributed by atoms with Crippen molar-refractivity contribution in [3.05, 3.63) is 52.7 Å². The van der Waals surface area contributed by atoms with E-state index in [1.165, 1.54) is 11.8 Å². The Labute approximate surface area is 167 Å². The van der Waals surface area contributed by atoms with Crippen molar-refractivity contribution in [1.82, 2.24) is 15.2 Å². The van der Waals surface area contributed by atoms with Crippen molar-refractivity contribution in [3.8, 4) is 0 Å². The van der Waals surface area contributed by atoms with E-state index in [2.05, 4.69) is 49.8 Å². The first-order valence-electron chi connectivity index (χ1n) is 9.47. The van der Waals surface area contributed by atoms with Crippen LogP contribution in [-0.4, -0.2) is 28.4 Å². The van der Waals surface area contributed by atoms with Gasteiger partial charge >= 0.3 is 0 Å². The molecule has 0 saturated carbocycles. The molecule has 0 spiro atoms. The first-order valence-corrected chi connectivity index (χ1v) is 9.85. The van der Waals surface area contributed by atoms with Crippen molar-refractivity contribution < 1.29 is 9.21 Å². The summed E-state index contributed by atoms with van der Waals surface area (Å²) in [5, 5.41) is 3.59. The van der Waals surface area contributed by atoms with Gasteiger partial charge in [-0.25, -0.2) is 4.98 Å². The van der Waals surface area contributed by atoms with E-state index in [0.29, 0.717) is 42.6 Å². The molecule has 1 atom stereocenters. The molecule has 0 aliphatic carbocycles.